The van der Waals surface area contributed by atoms with Crippen molar-refractivity contribution in [3.05, 3.63) is 59.2 Å². The number of fused-ring (bicyclic) bond motifs is 1. The Morgan fingerprint density at radius 2 is 1.87 bits per heavy atom. The van der Waals surface area contributed by atoms with E-state index in [2.05, 4.69) is 4.72 Å². The second-order valence-corrected chi connectivity index (χ2v) is 9.19. The molecule has 160 valence electrons. The molecule has 3 rings (SSSR count). The summed E-state index contributed by atoms with van der Waals surface area (Å²) < 4.78 is 32.3. The summed E-state index contributed by atoms with van der Waals surface area (Å²) in [6.07, 6.45) is 0.711. The van der Waals surface area contributed by atoms with Crippen LogP contribution < -0.4 is 9.62 Å². The summed E-state index contributed by atoms with van der Waals surface area (Å²) in [5.74, 6) is -1.14. The molecule has 1 amide bonds. The van der Waals surface area contributed by atoms with Gasteiger partial charge >= 0.3 is 5.97 Å². The number of aryl methyl sites for hydroxylation is 3. The number of hydrogen-bond donors (Lipinski definition) is 1. The summed E-state index contributed by atoms with van der Waals surface area (Å²) >= 11 is 0. The van der Waals surface area contributed by atoms with E-state index in [0.717, 1.165) is 35.2 Å². The SMILES string of the molecule is Cc1ccc(S(=O)(=O)NCC(=O)OC(C)C(=O)N2CCCc3ccccc32)cc1C. The van der Waals surface area contributed by atoms with Gasteiger partial charge < -0.3 is 9.64 Å². The van der Waals surface area contributed by atoms with Gasteiger partial charge in [-0.15, -0.1) is 0 Å². The van der Waals surface area contributed by atoms with E-state index in [9.17, 15) is 18.0 Å². The number of para-hydroxylation sites is 1. The molecule has 2 aromatic rings. The number of ether oxygens (including phenoxy) is 1. The summed E-state index contributed by atoms with van der Waals surface area (Å²) in [4.78, 5) is 26.7. The normalized spacial score (nSPS) is 14.7. The van der Waals surface area contributed by atoms with Crippen molar-refractivity contribution in [1.29, 1.82) is 0 Å². The van der Waals surface area contributed by atoms with Crippen molar-refractivity contribution in [2.75, 3.05) is 18.0 Å². The molecular weight excluding hydrogens is 404 g/mol. The molecule has 1 atom stereocenters. The third-order valence-electron chi connectivity index (χ3n) is 5.23. The zero-order valence-electron chi connectivity index (χ0n) is 17.3. The van der Waals surface area contributed by atoms with Crippen molar-refractivity contribution in [1.82, 2.24) is 4.72 Å². The van der Waals surface area contributed by atoms with E-state index in [1.165, 1.54) is 13.0 Å². The highest BCUT2D eigenvalue weighted by Gasteiger charge is 2.28. The van der Waals surface area contributed by atoms with E-state index < -0.39 is 28.6 Å². The van der Waals surface area contributed by atoms with Crippen LogP contribution in [0, 0.1) is 13.8 Å². The first kappa shape index (κ1) is 22.0. The van der Waals surface area contributed by atoms with Crippen LogP contribution in [0.5, 0.6) is 0 Å². The van der Waals surface area contributed by atoms with Crippen LogP contribution in [0.25, 0.3) is 0 Å². The lowest BCUT2D eigenvalue weighted by Gasteiger charge is -2.31. The van der Waals surface area contributed by atoms with Gasteiger partial charge in [0.05, 0.1) is 4.90 Å². The molecule has 0 bridgehead atoms. The molecule has 1 N–H and O–H groups in total. The third-order valence-corrected chi connectivity index (χ3v) is 6.63. The van der Waals surface area contributed by atoms with Gasteiger partial charge in [0, 0.05) is 12.2 Å². The van der Waals surface area contributed by atoms with Gasteiger partial charge in [-0.2, -0.15) is 4.72 Å². The van der Waals surface area contributed by atoms with Gasteiger partial charge in [0.1, 0.15) is 6.54 Å². The predicted molar refractivity (Wildman–Crippen MR) is 114 cm³/mol. The number of amides is 1. The van der Waals surface area contributed by atoms with E-state index in [1.54, 1.807) is 17.0 Å². The lowest BCUT2D eigenvalue weighted by molar-refractivity contribution is -0.152. The second kappa shape index (κ2) is 8.97. The van der Waals surface area contributed by atoms with Gasteiger partial charge in [0.2, 0.25) is 10.0 Å². The second-order valence-electron chi connectivity index (χ2n) is 7.42. The Morgan fingerprint density at radius 3 is 2.60 bits per heavy atom. The van der Waals surface area contributed by atoms with Crippen LogP contribution in [0.3, 0.4) is 0 Å². The molecule has 1 heterocycles. The highest BCUT2D eigenvalue weighted by Crippen LogP contribution is 2.27. The first-order chi connectivity index (χ1) is 14.2. The molecule has 8 heteroatoms. The molecule has 0 radical (unpaired) electrons. The number of nitrogens with one attached hydrogen (secondary N) is 1. The van der Waals surface area contributed by atoms with E-state index in [1.807, 2.05) is 38.1 Å². The number of sulfonamides is 1. The third kappa shape index (κ3) is 4.88. The molecular formula is C22H26N2O5S. The molecule has 0 fully saturated rings. The number of anilines is 1. The number of hydrogen-bond acceptors (Lipinski definition) is 5. The van der Waals surface area contributed by atoms with Crippen LogP contribution in [0.4, 0.5) is 5.69 Å². The summed E-state index contributed by atoms with van der Waals surface area (Å²) in [5, 5.41) is 0. The maximum atomic E-state index is 12.8. The van der Waals surface area contributed by atoms with Crippen LogP contribution in [0.15, 0.2) is 47.4 Å². The Bertz CT molecular complexity index is 1060. The van der Waals surface area contributed by atoms with Crippen molar-refractivity contribution in [3.63, 3.8) is 0 Å². The predicted octanol–water partition coefficient (Wildman–Crippen LogP) is 2.49. The monoisotopic (exact) mass is 430 g/mol. The van der Waals surface area contributed by atoms with Crippen LogP contribution in [-0.4, -0.2) is 39.5 Å². The number of carbonyl (C=O) groups excluding carboxylic acids is 2. The Morgan fingerprint density at radius 1 is 1.13 bits per heavy atom. The van der Waals surface area contributed by atoms with Crippen molar-refractivity contribution in [2.45, 2.75) is 44.6 Å². The topological polar surface area (TPSA) is 92.8 Å². The van der Waals surface area contributed by atoms with Crippen molar-refractivity contribution < 1.29 is 22.7 Å². The molecule has 2 aromatic carbocycles. The molecule has 0 aliphatic carbocycles. The fourth-order valence-corrected chi connectivity index (χ4v) is 4.44. The van der Waals surface area contributed by atoms with Crippen LogP contribution >= 0.6 is 0 Å². The standard InChI is InChI=1S/C22H26N2O5S/c1-15-10-11-19(13-16(15)2)30(27,28)23-14-21(25)29-17(3)22(26)24-12-6-8-18-7-4-5-9-20(18)24/h4-5,7,9-11,13,17,23H,6,8,12,14H2,1-3H3. The van der Waals surface area contributed by atoms with Crippen molar-refractivity contribution in [2.24, 2.45) is 0 Å². The molecule has 7 nitrogen and oxygen atoms in total. The van der Waals surface area contributed by atoms with Crippen molar-refractivity contribution >= 4 is 27.6 Å². The smallest absolute Gasteiger partial charge is 0.321 e. The van der Waals surface area contributed by atoms with Crippen LogP contribution in [0.2, 0.25) is 0 Å². The Labute approximate surface area is 177 Å². The Balaban J connectivity index is 1.59. The lowest BCUT2D eigenvalue weighted by Crippen LogP contribution is -2.43. The fourth-order valence-electron chi connectivity index (χ4n) is 3.39. The van der Waals surface area contributed by atoms with E-state index in [-0.39, 0.29) is 10.8 Å². The van der Waals surface area contributed by atoms with Gasteiger partial charge in [0.15, 0.2) is 6.10 Å². The molecule has 0 saturated carbocycles. The molecule has 1 aliphatic heterocycles. The zero-order chi connectivity index (χ0) is 21.9. The lowest BCUT2D eigenvalue weighted by atomic mass is 10.0. The highest BCUT2D eigenvalue weighted by molar-refractivity contribution is 7.89. The first-order valence-electron chi connectivity index (χ1n) is 9.85. The van der Waals surface area contributed by atoms with Crippen LogP contribution in [0.1, 0.15) is 30.0 Å². The van der Waals surface area contributed by atoms with Gasteiger partial charge in [-0.25, -0.2) is 8.42 Å². The van der Waals surface area contributed by atoms with Crippen LogP contribution in [-0.2, 0) is 30.8 Å². The minimum atomic E-state index is -3.86. The van der Waals surface area contributed by atoms with Gasteiger partial charge in [0.25, 0.3) is 5.91 Å². The molecule has 0 aromatic heterocycles. The van der Waals surface area contributed by atoms with E-state index in [4.69, 9.17) is 4.74 Å². The number of carbonyl (C=O) groups is 2. The number of esters is 1. The maximum absolute atomic E-state index is 12.8. The Kier molecular flexibility index (Phi) is 6.58. The molecule has 0 saturated heterocycles. The number of rotatable bonds is 6. The zero-order valence-corrected chi connectivity index (χ0v) is 18.2. The average molecular weight is 431 g/mol. The minimum absolute atomic E-state index is 0.0763. The Hall–Kier alpha value is -2.71. The highest BCUT2D eigenvalue weighted by atomic mass is 32.2. The molecule has 1 unspecified atom stereocenters. The minimum Gasteiger partial charge on any atom is -0.452 e. The quantitative estimate of drug-likeness (QED) is 0.711. The fraction of sp³-hybridized carbons (Fsp3) is 0.364. The summed E-state index contributed by atoms with van der Waals surface area (Å²) in [6.45, 7) is 5.19. The van der Waals surface area contributed by atoms with E-state index >= 15 is 0 Å². The first-order valence-corrected chi connectivity index (χ1v) is 11.3. The summed E-state index contributed by atoms with van der Waals surface area (Å²) in [7, 11) is -3.86. The van der Waals surface area contributed by atoms with E-state index in [0.29, 0.717) is 6.54 Å². The largest absolute Gasteiger partial charge is 0.452 e. The molecule has 1 aliphatic rings. The van der Waals surface area contributed by atoms with Gasteiger partial charge in [-0.05, 0) is 68.5 Å². The molecule has 30 heavy (non-hydrogen) atoms. The van der Waals surface area contributed by atoms with Gasteiger partial charge in [-0.1, -0.05) is 24.3 Å². The number of benzene rings is 2. The summed E-state index contributed by atoms with van der Waals surface area (Å²) in [6, 6.07) is 12.4. The van der Waals surface area contributed by atoms with Gasteiger partial charge in [-0.3, -0.25) is 9.59 Å². The number of nitrogens with zero attached hydrogens (tertiary/aromatic N) is 1. The maximum Gasteiger partial charge on any atom is 0.321 e. The van der Waals surface area contributed by atoms with Crippen molar-refractivity contribution in [3.8, 4) is 0 Å². The molecule has 0 spiro atoms. The average Bonchev–Trinajstić information content (AvgIpc) is 2.73. The summed E-state index contributed by atoms with van der Waals surface area (Å²) in [5.41, 5.74) is 3.71.